The maximum absolute atomic E-state index is 11.1. The number of rotatable bonds is 6. The largest absolute Gasteiger partial charge is 0.491 e. The number of nitrogens with one attached hydrogen (secondary N) is 1. The highest BCUT2D eigenvalue weighted by Gasteiger charge is 2.20. The van der Waals surface area contributed by atoms with Crippen LogP contribution in [0.2, 0.25) is 0 Å². The number of aryl methyl sites for hydroxylation is 1. The van der Waals surface area contributed by atoms with Gasteiger partial charge < -0.3 is 14.8 Å². The Balaban J connectivity index is 1.76. The summed E-state index contributed by atoms with van der Waals surface area (Å²) in [7, 11) is 1.39. The third-order valence-corrected chi connectivity index (χ3v) is 3.30. The van der Waals surface area contributed by atoms with Crippen molar-refractivity contribution in [1.29, 1.82) is 0 Å². The second-order valence-electron chi connectivity index (χ2n) is 4.83. The minimum atomic E-state index is -0.206. The van der Waals surface area contributed by atoms with Crippen LogP contribution in [-0.2, 0) is 20.7 Å². The molecule has 0 bridgehead atoms. The van der Waals surface area contributed by atoms with Gasteiger partial charge in [-0.05, 0) is 30.5 Å². The molecule has 1 aromatic carbocycles. The van der Waals surface area contributed by atoms with Crippen LogP contribution in [0.3, 0.4) is 0 Å². The van der Waals surface area contributed by atoms with Gasteiger partial charge in [-0.2, -0.15) is 0 Å². The summed E-state index contributed by atoms with van der Waals surface area (Å²) >= 11 is 0. The number of hydrogen-bond donors (Lipinski definition) is 1. The fourth-order valence-corrected chi connectivity index (χ4v) is 2.10. The summed E-state index contributed by atoms with van der Waals surface area (Å²) < 4.78 is 10.2. The summed E-state index contributed by atoms with van der Waals surface area (Å²) in [6.07, 6.45) is 2.45. The zero-order valence-electron chi connectivity index (χ0n) is 11.6. The zero-order valence-corrected chi connectivity index (χ0v) is 11.6. The normalized spacial score (nSPS) is 17.6. The van der Waals surface area contributed by atoms with E-state index in [0.29, 0.717) is 25.9 Å². The summed E-state index contributed by atoms with van der Waals surface area (Å²) in [5.41, 5.74) is 1.07. The molecule has 0 aliphatic carbocycles. The van der Waals surface area contributed by atoms with Gasteiger partial charge in [-0.25, -0.2) is 0 Å². The topological polar surface area (TPSA) is 64.6 Å². The molecule has 5 heteroatoms. The van der Waals surface area contributed by atoms with Gasteiger partial charge in [-0.1, -0.05) is 12.1 Å². The van der Waals surface area contributed by atoms with Crippen molar-refractivity contribution in [1.82, 2.24) is 5.32 Å². The lowest BCUT2D eigenvalue weighted by molar-refractivity contribution is -0.140. The smallest absolute Gasteiger partial charge is 0.305 e. The lowest BCUT2D eigenvalue weighted by Gasteiger charge is -2.12. The molecule has 0 saturated carbocycles. The molecule has 108 valence electrons. The summed E-state index contributed by atoms with van der Waals surface area (Å²) in [6, 6.07) is 7.74. The molecule has 1 N–H and O–H groups in total. The van der Waals surface area contributed by atoms with Gasteiger partial charge in [0.2, 0.25) is 5.91 Å². The van der Waals surface area contributed by atoms with Crippen LogP contribution in [0, 0.1) is 0 Å². The molecule has 1 atom stereocenters. The average molecular weight is 277 g/mol. The van der Waals surface area contributed by atoms with E-state index < -0.39 is 0 Å². The summed E-state index contributed by atoms with van der Waals surface area (Å²) in [5.74, 6) is 0.659. The van der Waals surface area contributed by atoms with Crippen LogP contribution < -0.4 is 10.1 Å². The molecule has 5 nitrogen and oxygen atoms in total. The van der Waals surface area contributed by atoms with E-state index in [2.05, 4.69) is 10.1 Å². The summed E-state index contributed by atoms with van der Waals surface area (Å²) in [4.78, 5) is 22.1. The molecule has 0 radical (unpaired) electrons. The first-order chi connectivity index (χ1) is 9.67. The van der Waals surface area contributed by atoms with Gasteiger partial charge in [0, 0.05) is 12.8 Å². The van der Waals surface area contributed by atoms with Crippen molar-refractivity contribution in [3.8, 4) is 5.75 Å². The molecule has 1 amide bonds. The third kappa shape index (κ3) is 4.26. The Hall–Kier alpha value is -2.04. The first kappa shape index (κ1) is 14.4. The molecule has 1 saturated heterocycles. The molecule has 1 fully saturated rings. The van der Waals surface area contributed by atoms with Crippen molar-refractivity contribution >= 4 is 11.9 Å². The van der Waals surface area contributed by atoms with Crippen LogP contribution in [-0.4, -0.2) is 31.6 Å². The van der Waals surface area contributed by atoms with Crippen LogP contribution in [0.1, 0.15) is 24.8 Å². The van der Waals surface area contributed by atoms with E-state index in [9.17, 15) is 9.59 Å². The molecular formula is C15H19NO4. The molecule has 1 heterocycles. The highest BCUT2D eigenvalue weighted by molar-refractivity contribution is 5.78. The first-order valence-corrected chi connectivity index (χ1v) is 6.75. The molecule has 1 aliphatic heterocycles. The van der Waals surface area contributed by atoms with Crippen molar-refractivity contribution in [3.05, 3.63) is 29.8 Å². The van der Waals surface area contributed by atoms with Crippen LogP contribution in [0.4, 0.5) is 0 Å². The maximum atomic E-state index is 11.1. The Morgan fingerprint density at radius 2 is 2.10 bits per heavy atom. The predicted molar refractivity (Wildman–Crippen MR) is 73.4 cm³/mol. The van der Waals surface area contributed by atoms with Crippen molar-refractivity contribution in [3.63, 3.8) is 0 Å². The third-order valence-electron chi connectivity index (χ3n) is 3.30. The van der Waals surface area contributed by atoms with E-state index in [0.717, 1.165) is 17.7 Å². The minimum absolute atomic E-state index is 0.0942. The number of ether oxygens (including phenoxy) is 2. The van der Waals surface area contributed by atoms with Gasteiger partial charge in [-0.3, -0.25) is 9.59 Å². The number of hydrogen-bond acceptors (Lipinski definition) is 4. The zero-order chi connectivity index (χ0) is 14.4. The number of amides is 1. The molecule has 1 aromatic rings. The van der Waals surface area contributed by atoms with E-state index in [1.54, 1.807) is 0 Å². The Labute approximate surface area is 118 Å². The minimum Gasteiger partial charge on any atom is -0.491 e. The van der Waals surface area contributed by atoms with E-state index in [1.165, 1.54) is 7.11 Å². The summed E-state index contributed by atoms with van der Waals surface area (Å²) in [5, 5.41) is 2.86. The lowest BCUT2D eigenvalue weighted by atomic mass is 10.1. The number of carbonyl (C=O) groups excluding carboxylic acids is 2. The summed E-state index contributed by atoms with van der Waals surface area (Å²) in [6.45, 7) is 0.493. The fraction of sp³-hybridized carbons (Fsp3) is 0.467. The molecule has 20 heavy (non-hydrogen) atoms. The first-order valence-electron chi connectivity index (χ1n) is 6.75. The molecule has 1 aliphatic rings. The lowest BCUT2D eigenvalue weighted by Crippen LogP contribution is -2.30. The van der Waals surface area contributed by atoms with Gasteiger partial charge in [0.25, 0.3) is 0 Å². The predicted octanol–water partition coefficient (Wildman–Crippen LogP) is 1.45. The van der Waals surface area contributed by atoms with Crippen molar-refractivity contribution in [2.75, 3.05) is 13.7 Å². The van der Waals surface area contributed by atoms with Gasteiger partial charge in [-0.15, -0.1) is 0 Å². The Kier molecular flexibility index (Phi) is 4.98. The Morgan fingerprint density at radius 3 is 2.70 bits per heavy atom. The van der Waals surface area contributed by atoms with Crippen molar-refractivity contribution < 1.29 is 19.1 Å². The molecular weight excluding hydrogens is 258 g/mol. The number of methoxy groups -OCH3 is 1. The highest BCUT2D eigenvalue weighted by atomic mass is 16.5. The monoisotopic (exact) mass is 277 g/mol. The van der Waals surface area contributed by atoms with Gasteiger partial charge in [0.15, 0.2) is 0 Å². The Morgan fingerprint density at radius 1 is 1.35 bits per heavy atom. The standard InChI is InChI=1S/C15H19NO4/c1-19-15(18)9-4-11-2-6-13(7-3-11)20-10-12-5-8-14(17)16-12/h2-3,6-7,12H,4-5,8-10H2,1H3,(H,16,17). The number of esters is 1. The van der Waals surface area contributed by atoms with Gasteiger partial charge >= 0.3 is 5.97 Å². The SMILES string of the molecule is COC(=O)CCc1ccc(OCC2CCC(=O)N2)cc1. The molecule has 0 spiro atoms. The van der Waals surface area contributed by atoms with Crippen molar-refractivity contribution in [2.24, 2.45) is 0 Å². The fourth-order valence-electron chi connectivity index (χ4n) is 2.10. The van der Waals surface area contributed by atoms with E-state index in [-0.39, 0.29) is 17.9 Å². The van der Waals surface area contributed by atoms with Gasteiger partial charge in [0.1, 0.15) is 12.4 Å². The molecule has 2 rings (SSSR count). The van der Waals surface area contributed by atoms with E-state index in [4.69, 9.17) is 4.74 Å². The second-order valence-corrected chi connectivity index (χ2v) is 4.83. The quantitative estimate of drug-likeness (QED) is 0.799. The van der Waals surface area contributed by atoms with Crippen LogP contribution >= 0.6 is 0 Å². The van der Waals surface area contributed by atoms with E-state index >= 15 is 0 Å². The van der Waals surface area contributed by atoms with Gasteiger partial charge in [0.05, 0.1) is 13.2 Å². The van der Waals surface area contributed by atoms with Crippen LogP contribution in [0.15, 0.2) is 24.3 Å². The maximum Gasteiger partial charge on any atom is 0.305 e. The van der Waals surface area contributed by atoms with Crippen LogP contribution in [0.5, 0.6) is 5.75 Å². The average Bonchev–Trinajstić information content (AvgIpc) is 2.89. The molecule has 0 aromatic heterocycles. The van der Waals surface area contributed by atoms with E-state index in [1.807, 2.05) is 24.3 Å². The number of carbonyl (C=O) groups is 2. The van der Waals surface area contributed by atoms with Crippen molar-refractivity contribution in [2.45, 2.75) is 31.7 Å². The second kappa shape index (κ2) is 6.93. The highest BCUT2D eigenvalue weighted by Crippen LogP contribution is 2.15. The molecule has 1 unspecified atom stereocenters. The Bertz CT molecular complexity index is 469. The van der Waals surface area contributed by atoms with Crippen LogP contribution in [0.25, 0.3) is 0 Å². The number of benzene rings is 1.